The van der Waals surface area contributed by atoms with Crippen LogP contribution in [-0.2, 0) is 27.3 Å². The average molecular weight is 271 g/mol. The molecule has 0 spiro atoms. The monoisotopic (exact) mass is 271 g/mol. The van der Waals surface area contributed by atoms with Crippen LogP contribution in [0, 0.1) is 6.92 Å². The van der Waals surface area contributed by atoms with E-state index in [1.165, 1.54) is 11.3 Å². The fourth-order valence-electron chi connectivity index (χ4n) is 1.68. The van der Waals surface area contributed by atoms with E-state index in [1.807, 2.05) is 10.9 Å². The number of nitrogens with zero attached hydrogens (tertiary/aromatic N) is 2. The number of ether oxygens (including phenoxy) is 3. The van der Waals surface area contributed by atoms with Crippen molar-refractivity contribution in [3.05, 3.63) is 17.5 Å². The maximum absolute atomic E-state index is 5.44. The maximum atomic E-state index is 5.44. The highest BCUT2D eigenvalue weighted by Crippen LogP contribution is 2.06. The topological polar surface area (TPSA) is 57.5 Å². The molecule has 0 aliphatic heterocycles. The molecule has 19 heavy (non-hydrogen) atoms. The van der Waals surface area contributed by atoms with Gasteiger partial charge in [-0.2, -0.15) is 5.10 Å². The smallest absolute Gasteiger partial charge is 0.0701 e. The Kier molecular flexibility index (Phi) is 8.40. The van der Waals surface area contributed by atoms with Crippen LogP contribution in [0.15, 0.2) is 6.20 Å². The summed E-state index contributed by atoms with van der Waals surface area (Å²) in [6.07, 6.45) is 1.91. The molecular weight excluding hydrogens is 246 g/mol. The number of methoxy groups -OCH3 is 2. The molecular formula is C13H25N3O3. The van der Waals surface area contributed by atoms with Crippen molar-refractivity contribution in [1.82, 2.24) is 15.1 Å². The SMILES string of the molecule is COCCNCc1cnn(CCOCCOC)c1C. The Morgan fingerprint density at radius 3 is 2.68 bits per heavy atom. The minimum absolute atomic E-state index is 0.627. The highest BCUT2D eigenvalue weighted by molar-refractivity contribution is 5.15. The van der Waals surface area contributed by atoms with Gasteiger partial charge < -0.3 is 19.5 Å². The molecule has 1 heterocycles. The normalized spacial score (nSPS) is 11.1. The summed E-state index contributed by atoms with van der Waals surface area (Å²) in [7, 11) is 3.37. The molecule has 6 nitrogen and oxygen atoms in total. The molecule has 110 valence electrons. The summed E-state index contributed by atoms with van der Waals surface area (Å²) >= 11 is 0. The summed E-state index contributed by atoms with van der Waals surface area (Å²) < 4.78 is 17.3. The van der Waals surface area contributed by atoms with Crippen molar-refractivity contribution < 1.29 is 14.2 Å². The zero-order valence-corrected chi connectivity index (χ0v) is 12.1. The Hall–Kier alpha value is -0.950. The third-order valence-electron chi connectivity index (χ3n) is 2.88. The highest BCUT2D eigenvalue weighted by Gasteiger charge is 2.05. The van der Waals surface area contributed by atoms with Gasteiger partial charge in [0, 0.05) is 38.6 Å². The standard InChI is InChI=1S/C13H25N3O3/c1-12-13(10-14-4-6-17-2)11-15-16(12)5-7-19-9-8-18-3/h11,14H,4-10H2,1-3H3. The van der Waals surface area contributed by atoms with Crippen LogP contribution in [0.2, 0.25) is 0 Å². The summed E-state index contributed by atoms with van der Waals surface area (Å²) in [6.45, 7) is 7.15. The molecule has 0 saturated carbocycles. The largest absolute Gasteiger partial charge is 0.383 e. The Morgan fingerprint density at radius 1 is 1.16 bits per heavy atom. The van der Waals surface area contributed by atoms with Gasteiger partial charge >= 0.3 is 0 Å². The van der Waals surface area contributed by atoms with E-state index in [-0.39, 0.29) is 0 Å². The first-order valence-electron chi connectivity index (χ1n) is 6.57. The molecule has 0 unspecified atom stereocenters. The molecule has 6 heteroatoms. The lowest BCUT2D eigenvalue weighted by atomic mass is 10.2. The van der Waals surface area contributed by atoms with E-state index in [0.29, 0.717) is 19.8 Å². The zero-order chi connectivity index (χ0) is 13.9. The van der Waals surface area contributed by atoms with E-state index >= 15 is 0 Å². The van der Waals surface area contributed by atoms with Gasteiger partial charge in [0.15, 0.2) is 0 Å². The van der Waals surface area contributed by atoms with Gasteiger partial charge in [-0.25, -0.2) is 0 Å². The van der Waals surface area contributed by atoms with Gasteiger partial charge in [-0.15, -0.1) is 0 Å². The van der Waals surface area contributed by atoms with Crippen molar-refractivity contribution in [2.24, 2.45) is 0 Å². The lowest BCUT2D eigenvalue weighted by Gasteiger charge is -2.07. The highest BCUT2D eigenvalue weighted by atomic mass is 16.5. The van der Waals surface area contributed by atoms with Crippen LogP contribution in [0.1, 0.15) is 11.3 Å². The molecule has 1 rings (SSSR count). The van der Waals surface area contributed by atoms with E-state index in [0.717, 1.165) is 26.2 Å². The average Bonchev–Trinajstić information content (AvgIpc) is 2.76. The first-order chi connectivity index (χ1) is 9.29. The van der Waals surface area contributed by atoms with Crippen LogP contribution in [0.25, 0.3) is 0 Å². The predicted octanol–water partition coefficient (Wildman–Crippen LogP) is 0.591. The third-order valence-corrected chi connectivity index (χ3v) is 2.88. The van der Waals surface area contributed by atoms with Gasteiger partial charge in [-0.1, -0.05) is 0 Å². The van der Waals surface area contributed by atoms with Crippen molar-refractivity contribution in [3.8, 4) is 0 Å². The van der Waals surface area contributed by atoms with Crippen molar-refractivity contribution in [2.45, 2.75) is 20.0 Å². The van der Waals surface area contributed by atoms with E-state index in [2.05, 4.69) is 17.3 Å². The Balaban J connectivity index is 2.26. The van der Waals surface area contributed by atoms with Crippen LogP contribution in [-0.4, -0.2) is 57.0 Å². The Morgan fingerprint density at radius 2 is 1.95 bits per heavy atom. The fraction of sp³-hybridized carbons (Fsp3) is 0.769. The van der Waals surface area contributed by atoms with Crippen LogP contribution in [0.3, 0.4) is 0 Å². The number of rotatable bonds is 11. The van der Waals surface area contributed by atoms with Crippen molar-refractivity contribution >= 4 is 0 Å². The summed E-state index contributed by atoms with van der Waals surface area (Å²) in [5, 5.41) is 7.68. The minimum Gasteiger partial charge on any atom is -0.383 e. The van der Waals surface area contributed by atoms with Crippen LogP contribution in [0.4, 0.5) is 0 Å². The zero-order valence-electron chi connectivity index (χ0n) is 12.1. The maximum Gasteiger partial charge on any atom is 0.0701 e. The van der Waals surface area contributed by atoms with Crippen LogP contribution >= 0.6 is 0 Å². The number of aromatic nitrogens is 2. The number of hydrogen-bond acceptors (Lipinski definition) is 5. The number of nitrogens with one attached hydrogen (secondary N) is 1. The Labute approximate surface area is 115 Å². The molecule has 0 atom stereocenters. The van der Waals surface area contributed by atoms with Crippen molar-refractivity contribution in [1.29, 1.82) is 0 Å². The minimum atomic E-state index is 0.627. The van der Waals surface area contributed by atoms with Gasteiger partial charge in [0.05, 0.1) is 39.2 Å². The van der Waals surface area contributed by atoms with Gasteiger partial charge in [0.1, 0.15) is 0 Å². The lowest BCUT2D eigenvalue weighted by molar-refractivity contribution is 0.0652. The lowest BCUT2D eigenvalue weighted by Crippen LogP contribution is -2.19. The molecule has 0 aromatic carbocycles. The summed E-state index contributed by atoms with van der Waals surface area (Å²) in [5.41, 5.74) is 2.40. The molecule has 0 amide bonds. The third kappa shape index (κ3) is 6.15. The molecule has 0 saturated heterocycles. The van der Waals surface area contributed by atoms with Crippen molar-refractivity contribution in [2.75, 3.05) is 47.2 Å². The van der Waals surface area contributed by atoms with E-state index in [1.54, 1.807) is 14.2 Å². The van der Waals surface area contributed by atoms with E-state index in [9.17, 15) is 0 Å². The summed E-state index contributed by atoms with van der Waals surface area (Å²) in [5.74, 6) is 0. The summed E-state index contributed by atoms with van der Waals surface area (Å²) in [4.78, 5) is 0. The van der Waals surface area contributed by atoms with E-state index < -0.39 is 0 Å². The second kappa shape index (κ2) is 9.91. The predicted molar refractivity (Wildman–Crippen MR) is 73.2 cm³/mol. The van der Waals surface area contributed by atoms with Gasteiger partial charge in [0.2, 0.25) is 0 Å². The molecule has 0 aliphatic rings. The van der Waals surface area contributed by atoms with Gasteiger partial charge in [-0.05, 0) is 6.92 Å². The molecule has 0 bridgehead atoms. The van der Waals surface area contributed by atoms with Gasteiger partial charge in [-0.3, -0.25) is 4.68 Å². The number of hydrogen-bond donors (Lipinski definition) is 1. The molecule has 0 radical (unpaired) electrons. The second-order valence-corrected chi connectivity index (χ2v) is 4.25. The molecule has 1 aromatic heterocycles. The van der Waals surface area contributed by atoms with E-state index in [4.69, 9.17) is 14.2 Å². The molecule has 1 aromatic rings. The van der Waals surface area contributed by atoms with Gasteiger partial charge in [0.25, 0.3) is 0 Å². The quantitative estimate of drug-likeness (QED) is 0.597. The molecule has 1 N–H and O–H groups in total. The van der Waals surface area contributed by atoms with Crippen LogP contribution < -0.4 is 5.32 Å². The Bertz CT molecular complexity index is 342. The second-order valence-electron chi connectivity index (χ2n) is 4.25. The fourth-order valence-corrected chi connectivity index (χ4v) is 1.68. The molecule has 0 fully saturated rings. The van der Waals surface area contributed by atoms with Crippen LogP contribution in [0.5, 0.6) is 0 Å². The first kappa shape index (κ1) is 16.1. The first-order valence-corrected chi connectivity index (χ1v) is 6.57. The van der Waals surface area contributed by atoms with Crippen molar-refractivity contribution in [3.63, 3.8) is 0 Å². The summed E-state index contributed by atoms with van der Waals surface area (Å²) in [6, 6.07) is 0. The molecule has 0 aliphatic carbocycles.